The van der Waals surface area contributed by atoms with Crippen LogP contribution in [0.25, 0.3) is 0 Å². The van der Waals surface area contributed by atoms with Crippen molar-refractivity contribution in [3.63, 3.8) is 0 Å². The van der Waals surface area contributed by atoms with Crippen LogP contribution in [0.3, 0.4) is 0 Å². The number of ether oxygens (including phenoxy) is 1. The van der Waals surface area contributed by atoms with Gasteiger partial charge in [-0.3, -0.25) is 4.90 Å². The van der Waals surface area contributed by atoms with Crippen LogP contribution in [0.5, 0.6) is 0 Å². The van der Waals surface area contributed by atoms with Gasteiger partial charge in [0.25, 0.3) is 0 Å². The van der Waals surface area contributed by atoms with Crippen molar-refractivity contribution >= 4 is 5.97 Å². The van der Waals surface area contributed by atoms with E-state index in [1.54, 1.807) is 0 Å². The van der Waals surface area contributed by atoms with E-state index >= 15 is 0 Å². The third kappa shape index (κ3) is 5.35. The standard InChI is InChI=1S/C14H25NO2/c1-4-17-14(16)6-5-9-15-10-7-13(8-11-15)12(2)3/h5-6,12-13H,4,7-11H2,1-3H3/b6-5+. The third-order valence-electron chi connectivity index (χ3n) is 3.48. The average molecular weight is 239 g/mol. The van der Waals surface area contributed by atoms with Crippen LogP contribution < -0.4 is 0 Å². The SMILES string of the molecule is CCOC(=O)/C=C/CN1CCC(C(C)C)CC1. The molecule has 98 valence electrons. The molecule has 0 spiro atoms. The number of carbonyl (C=O) groups excluding carboxylic acids is 1. The number of rotatable bonds is 5. The Labute approximate surface area is 105 Å². The molecule has 1 rings (SSSR count). The summed E-state index contributed by atoms with van der Waals surface area (Å²) < 4.78 is 4.84. The van der Waals surface area contributed by atoms with E-state index in [1.807, 2.05) is 13.0 Å². The van der Waals surface area contributed by atoms with Crippen LogP contribution in [0.1, 0.15) is 33.6 Å². The van der Waals surface area contributed by atoms with Gasteiger partial charge >= 0.3 is 5.97 Å². The molecule has 17 heavy (non-hydrogen) atoms. The molecule has 0 aromatic heterocycles. The Hall–Kier alpha value is -0.830. The molecule has 1 aliphatic rings. The van der Waals surface area contributed by atoms with Crippen molar-refractivity contribution in [3.05, 3.63) is 12.2 Å². The summed E-state index contributed by atoms with van der Waals surface area (Å²) in [6, 6.07) is 0. The largest absolute Gasteiger partial charge is 0.463 e. The van der Waals surface area contributed by atoms with Gasteiger partial charge in [-0.05, 0) is 44.7 Å². The van der Waals surface area contributed by atoms with Crippen LogP contribution in [0.15, 0.2) is 12.2 Å². The third-order valence-corrected chi connectivity index (χ3v) is 3.48. The predicted octanol–water partition coefficient (Wildman–Crippen LogP) is 2.47. The van der Waals surface area contributed by atoms with Crippen LogP contribution in [0.4, 0.5) is 0 Å². The summed E-state index contributed by atoms with van der Waals surface area (Å²) in [5.41, 5.74) is 0. The summed E-state index contributed by atoms with van der Waals surface area (Å²) in [6.07, 6.45) is 6.02. The topological polar surface area (TPSA) is 29.5 Å². The number of nitrogens with zero attached hydrogens (tertiary/aromatic N) is 1. The highest BCUT2D eigenvalue weighted by atomic mass is 16.5. The highest BCUT2D eigenvalue weighted by molar-refractivity contribution is 5.81. The van der Waals surface area contributed by atoms with Crippen molar-refractivity contribution in [1.82, 2.24) is 4.90 Å². The van der Waals surface area contributed by atoms with Gasteiger partial charge in [0.05, 0.1) is 6.61 Å². The molecular formula is C14H25NO2. The number of esters is 1. The Morgan fingerprint density at radius 1 is 1.41 bits per heavy atom. The first-order valence-electron chi connectivity index (χ1n) is 6.69. The maximum absolute atomic E-state index is 11.1. The molecule has 0 atom stereocenters. The van der Waals surface area contributed by atoms with Gasteiger partial charge in [0.2, 0.25) is 0 Å². The van der Waals surface area contributed by atoms with Gasteiger partial charge < -0.3 is 4.74 Å². The first kappa shape index (κ1) is 14.2. The predicted molar refractivity (Wildman–Crippen MR) is 69.8 cm³/mol. The summed E-state index contributed by atoms with van der Waals surface area (Å²) in [5.74, 6) is 1.44. The highest BCUT2D eigenvalue weighted by Gasteiger charge is 2.20. The minimum absolute atomic E-state index is 0.232. The molecule has 0 unspecified atom stereocenters. The number of likely N-dealkylation sites (tertiary alicyclic amines) is 1. The van der Waals surface area contributed by atoms with E-state index < -0.39 is 0 Å². The zero-order valence-electron chi connectivity index (χ0n) is 11.3. The van der Waals surface area contributed by atoms with E-state index in [0.29, 0.717) is 6.61 Å². The zero-order valence-corrected chi connectivity index (χ0v) is 11.3. The first-order valence-corrected chi connectivity index (χ1v) is 6.69. The van der Waals surface area contributed by atoms with Gasteiger partial charge in [0, 0.05) is 12.6 Å². The van der Waals surface area contributed by atoms with Crippen molar-refractivity contribution in [1.29, 1.82) is 0 Å². The Morgan fingerprint density at radius 3 is 2.59 bits per heavy atom. The minimum atomic E-state index is -0.232. The van der Waals surface area contributed by atoms with Crippen molar-refractivity contribution in [3.8, 4) is 0 Å². The smallest absolute Gasteiger partial charge is 0.330 e. The molecule has 3 heteroatoms. The van der Waals surface area contributed by atoms with Crippen LogP contribution >= 0.6 is 0 Å². The normalized spacial score (nSPS) is 19.1. The van der Waals surface area contributed by atoms with E-state index in [2.05, 4.69) is 18.7 Å². The molecule has 0 aromatic rings. The molecule has 0 N–H and O–H groups in total. The lowest BCUT2D eigenvalue weighted by Gasteiger charge is -2.33. The van der Waals surface area contributed by atoms with Crippen molar-refractivity contribution < 1.29 is 9.53 Å². The lowest BCUT2D eigenvalue weighted by molar-refractivity contribution is -0.137. The summed E-state index contributed by atoms with van der Waals surface area (Å²) in [5, 5.41) is 0. The van der Waals surface area contributed by atoms with Crippen molar-refractivity contribution in [2.45, 2.75) is 33.6 Å². The number of hydrogen-bond acceptors (Lipinski definition) is 3. The van der Waals surface area contributed by atoms with E-state index in [4.69, 9.17) is 4.74 Å². The van der Waals surface area contributed by atoms with Gasteiger partial charge in [-0.15, -0.1) is 0 Å². The highest BCUT2D eigenvalue weighted by Crippen LogP contribution is 2.24. The quantitative estimate of drug-likeness (QED) is 0.545. The lowest BCUT2D eigenvalue weighted by atomic mass is 9.87. The molecule has 1 fully saturated rings. The van der Waals surface area contributed by atoms with E-state index in [-0.39, 0.29) is 5.97 Å². The molecule has 0 bridgehead atoms. The lowest BCUT2D eigenvalue weighted by Crippen LogP contribution is -2.35. The van der Waals surface area contributed by atoms with Gasteiger partial charge in [-0.1, -0.05) is 19.9 Å². The Balaban J connectivity index is 2.20. The Morgan fingerprint density at radius 2 is 2.06 bits per heavy atom. The average Bonchev–Trinajstić information content (AvgIpc) is 2.30. The van der Waals surface area contributed by atoms with Gasteiger partial charge in [0.15, 0.2) is 0 Å². The fourth-order valence-electron chi connectivity index (χ4n) is 2.29. The van der Waals surface area contributed by atoms with Crippen LogP contribution in [-0.4, -0.2) is 37.1 Å². The molecule has 1 aliphatic heterocycles. The van der Waals surface area contributed by atoms with Gasteiger partial charge in [-0.2, -0.15) is 0 Å². The Kier molecular flexibility index (Phi) is 6.27. The number of carbonyl (C=O) groups is 1. The molecule has 0 amide bonds. The monoisotopic (exact) mass is 239 g/mol. The first-order chi connectivity index (χ1) is 8.13. The maximum Gasteiger partial charge on any atom is 0.330 e. The zero-order chi connectivity index (χ0) is 12.7. The van der Waals surface area contributed by atoms with Gasteiger partial charge in [0.1, 0.15) is 0 Å². The molecule has 0 aliphatic carbocycles. The summed E-state index contributed by atoms with van der Waals surface area (Å²) in [6.45, 7) is 10.0. The molecule has 3 nitrogen and oxygen atoms in total. The van der Waals surface area contributed by atoms with E-state index in [0.717, 1.165) is 31.5 Å². The van der Waals surface area contributed by atoms with Gasteiger partial charge in [-0.25, -0.2) is 4.79 Å². The van der Waals surface area contributed by atoms with Crippen LogP contribution in [-0.2, 0) is 9.53 Å². The second-order valence-electron chi connectivity index (χ2n) is 5.04. The second kappa shape index (κ2) is 7.49. The van der Waals surface area contributed by atoms with Crippen LogP contribution in [0.2, 0.25) is 0 Å². The van der Waals surface area contributed by atoms with E-state index in [1.165, 1.54) is 18.9 Å². The van der Waals surface area contributed by atoms with Crippen molar-refractivity contribution in [2.75, 3.05) is 26.2 Å². The van der Waals surface area contributed by atoms with E-state index in [9.17, 15) is 4.79 Å². The molecular weight excluding hydrogens is 214 g/mol. The summed E-state index contributed by atoms with van der Waals surface area (Å²) >= 11 is 0. The number of piperidine rings is 1. The fourth-order valence-corrected chi connectivity index (χ4v) is 2.29. The minimum Gasteiger partial charge on any atom is -0.463 e. The molecule has 0 radical (unpaired) electrons. The molecule has 0 saturated carbocycles. The Bertz CT molecular complexity index is 253. The fraction of sp³-hybridized carbons (Fsp3) is 0.786. The molecule has 1 saturated heterocycles. The summed E-state index contributed by atoms with van der Waals surface area (Å²) in [4.78, 5) is 13.5. The molecule has 1 heterocycles. The van der Waals surface area contributed by atoms with Crippen LogP contribution in [0, 0.1) is 11.8 Å². The summed E-state index contributed by atoms with van der Waals surface area (Å²) in [7, 11) is 0. The second-order valence-corrected chi connectivity index (χ2v) is 5.04. The number of hydrogen-bond donors (Lipinski definition) is 0. The molecule has 0 aromatic carbocycles. The maximum atomic E-state index is 11.1. The van der Waals surface area contributed by atoms with Crippen molar-refractivity contribution in [2.24, 2.45) is 11.8 Å².